The van der Waals surface area contributed by atoms with Gasteiger partial charge in [0.2, 0.25) is 0 Å². The van der Waals surface area contributed by atoms with Crippen molar-refractivity contribution < 1.29 is 14.4 Å². The van der Waals surface area contributed by atoms with Crippen LogP contribution in [-0.4, -0.2) is 25.3 Å². The molecule has 0 aliphatic rings. The minimum Gasteiger partial charge on any atom is -0.489 e. The van der Waals surface area contributed by atoms with Crippen LogP contribution in [-0.2, 0) is 11.4 Å². The van der Waals surface area contributed by atoms with E-state index in [1.54, 1.807) is 24.3 Å². The Morgan fingerprint density at radius 1 is 1.14 bits per heavy atom. The standard InChI is InChI=1S/C16H17ClN2O3/c1-19(21-2)16(20)18-14-7-9-15(10-8-14)22-11-12-3-5-13(17)6-4-12/h3-10H,11H2,1-2H3,(H,18,20). The summed E-state index contributed by atoms with van der Waals surface area (Å²) in [5, 5.41) is 4.49. The molecule has 2 amide bonds. The number of carbonyl (C=O) groups excluding carboxylic acids is 1. The molecule has 0 aliphatic carbocycles. The van der Waals surface area contributed by atoms with Crippen molar-refractivity contribution in [3.63, 3.8) is 0 Å². The number of hydrogen-bond acceptors (Lipinski definition) is 3. The Balaban J connectivity index is 1.89. The van der Waals surface area contributed by atoms with Crippen LogP contribution in [0.25, 0.3) is 0 Å². The molecular weight excluding hydrogens is 304 g/mol. The van der Waals surface area contributed by atoms with E-state index in [9.17, 15) is 4.79 Å². The fourth-order valence-electron chi connectivity index (χ4n) is 1.67. The Hall–Kier alpha value is -2.24. The third-order valence-electron chi connectivity index (χ3n) is 2.98. The molecule has 116 valence electrons. The Morgan fingerprint density at radius 3 is 2.36 bits per heavy atom. The zero-order chi connectivity index (χ0) is 15.9. The zero-order valence-corrected chi connectivity index (χ0v) is 13.1. The molecule has 0 atom stereocenters. The first kappa shape index (κ1) is 16.1. The quantitative estimate of drug-likeness (QED) is 0.849. The molecule has 0 aromatic heterocycles. The van der Waals surface area contributed by atoms with E-state index in [1.807, 2.05) is 24.3 Å². The number of nitrogens with one attached hydrogen (secondary N) is 1. The van der Waals surface area contributed by atoms with E-state index in [2.05, 4.69) is 5.32 Å². The molecule has 0 spiro atoms. The molecule has 0 saturated carbocycles. The van der Waals surface area contributed by atoms with Crippen LogP contribution in [0, 0.1) is 0 Å². The summed E-state index contributed by atoms with van der Waals surface area (Å²) in [4.78, 5) is 16.4. The van der Waals surface area contributed by atoms with Crippen LogP contribution in [0.3, 0.4) is 0 Å². The lowest BCUT2D eigenvalue weighted by Crippen LogP contribution is -2.30. The van der Waals surface area contributed by atoms with Crippen molar-refractivity contribution >= 4 is 23.3 Å². The van der Waals surface area contributed by atoms with E-state index >= 15 is 0 Å². The Bertz CT molecular complexity index is 614. The van der Waals surface area contributed by atoms with Gasteiger partial charge < -0.3 is 10.1 Å². The van der Waals surface area contributed by atoms with Crippen LogP contribution in [0.15, 0.2) is 48.5 Å². The maximum absolute atomic E-state index is 11.6. The monoisotopic (exact) mass is 320 g/mol. The number of benzene rings is 2. The lowest BCUT2D eigenvalue weighted by molar-refractivity contribution is -0.0598. The molecule has 0 aliphatic heterocycles. The van der Waals surface area contributed by atoms with Gasteiger partial charge in [0.05, 0.1) is 7.11 Å². The smallest absolute Gasteiger partial charge is 0.345 e. The number of halogens is 1. The van der Waals surface area contributed by atoms with Crippen LogP contribution < -0.4 is 10.1 Å². The minimum atomic E-state index is -0.350. The molecule has 0 heterocycles. The summed E-state index contributed by atoms with van der Waals surface area (Å²) in [6.45, 7) is 0.454. The second-order valence-corrected chi connectivity index (χ2v) is 4.99. The van der Waals surface area contributed by atoms with E-state index in [4.69, 9.17) is 21.2 Å². The minimum absolute atomic E-state index is 0.350. The Morgan fingerprint density at radius 2 is 1.77 bits per heavy atom. The number of hydroxylamine groups is 2. The Kier molecular flexibility index (Phi) is 5.63. The highest BCUT2D eigenvalue weighted by Gasteiger charge is 2.07. The number of rotatable bonds is 5. The lowest BCUT2D eigenvalue weighted by atomic mass is 10.2. The number of anilines is 1. The van der Waals surface area contributed by atoms with Gasteiger partial charge in [-0.25, -0.2) is 9.86 Å². The van der Waals surface area contributed by atoms with Gasteiger partial charge in [0, 0.05) is 17.8 Å². The molecule has 0 saturated heterocycles. The SMILES string of the molecule is CON(C)C(=O)Nc1ccc(OCc2ccc(Cl)cc2)cc1. The summed E-state index contributed by atoms with van der Waals surface area (Å²) in [5.41, 5.74) is 1.69. The highest BCUT2D eigenvalue weighted by atomic mass is 35.5. The van der Waals surface area contributed by atoms with E-state index in [1.165, 1.54) is 14.2 Å². The van der Waals surface area contributed by atoms with Crippen molar-refractivity contribution in [3.8, 4) is 5.75 Å². The fourth-order valence-corrected chi connectivity index (χ4v) is 1.79. The number of nitrogens with zero attached hydrogens (tertiary/aromatic N) is 1. The summed E-state index contributed by atoms with van der Waals surface area (Å²) in [6, 6.07) is 14.2. The van der Waals surface area contributed by atoms with Crippen molar-refractivity contribution in [2.45, 2.75) is 6.61 Å². The van der Waals surface area contributed by atoms with Crippen LogP contribution >= 0.6 is 11.6 Å². The predicted octanol–water partition coefficient (Wildman–Crippen LogP) is 3.94. The van der Waals surface area contributed by atoms with Gasteiger partial charge >= 0.3 is 6.03 Å². The third kappa shape index (κ3) is 4.65. The zero-order valence-electron chi connectivity index (χ0n) is 12.4. The van der Waals surface area contributed by atoms with Crippen molar-refractivity contribution in [1.29, 1.82) is 0 Å². The van der Waals surface area contributed by atoms with Gasteiger partial charge in [-0.2, -0.15) is 0 Å². The number of carbonyl (C=O) groups is 1. The summed E-state index contributed by atoms with van der Waals surface area (Å²) < 4.78 is 5.67. The Labute approximate surface area is 134 Å². The van der Waals surface area contributed by atoms with Crippen LogP contribution in [0.1, 0.15) is 5.56 Å². The largest absolute Gasteiger partial charge is 0.489 e. The van der Waals surface area contributed by atoms with Gasteiger partial charge in [-0.3, -0.25) is 4.84 Å². The van der Waals surface area contributed by atoms with Gasteiger partial charge in [-0.15, -0.1) is 0 Å². The summed E-state index contributed by atoms with van der Waals surface area (Å²) >= 11 is 5.83. The molecule has 5 nitrogen and oxygen atoms in total. The maximum Gasteiger partial charge on any atom is 0.345 e. The molecule has 2 aromatic rings. The van der Waals surface area contributed by atoms with Crippen molar-refractivity contribution in [2.24, 2.45) is 0 Å². The maximum atomic E-state index is 11.6. The van der Waals surface area contributed by atoms with Crippen molar-refractivity contribution in [3.05, 3.63) is 59.1 Å². The third-order valence-corrected chi connectivity index (χ3v) is 3.24. The fraction of sp³-hybridized carbons (Fsp3) is 0.188. The first-order valence-electron chi connectivity index (χ1n) is 6.64. The average molecular weight is 321 g/mol. The summed E-state index contributed by atoms with van der Waals surface area (Å²) in [5.74, 6) is 0.716. The second kappa shape index (κ2) is 7.68. The van der Waals surface area contributed by atoms with E-state index in [0.717, 1.165) is 10.6 Å². The lowest BCUT2D eigenvalue weighted by Gasteiger charge is -2.14. The molecule has 1 N–H and O–H groups in total. The summed E-state index contributed by atoms with van der Waals surface area (Å²) in [6.07, 6.45) is 0. The van der Waals surface area contributed by atoms with Gasteiger partial charge in [-0.05, 0) is 42.0 Å². The van der Waals surface area contributed by atoms with Crippen molar-refractivity contribution in [1.82, 2.24) is 5.06 Å². The van der Waals surface area contributed by atoms with E-state index in [-0.39, 0.29) is 6.03 Å². The van der Waals surface area contributed by atoms with Crippen LogP contribution in [0.2, 0.25) is 5.02 Å². The first-order valence-corrected chi connectivity index (χ1v) is 7.02. The molecule has 6 heteroatoms. The number of ether oxygens (including phenoxy) is 1. The molecule has 0 unspecified atom stereocenters. The highest BCUT2D eigenvalue weighted by Crippen LogP contribution is 2.18. The molecule has 2 aromatic carbocycles. The van der Waals surface area contributed by atoms with Crippen LogP contribution in [0.5, 0.6) is 5.75 Å². The van der Waals surface area contributed by atoms with Gasteiger partial charge in [0.25, 0.3) is 0 Å². The van der Waals surface area contributed by atoms with Gasteiger partial charge in [-0.1, -0.05) is 23.7 Å². The molecular formula is C16H17ClN2O3. The summed E-state index contributed by atoms with van der Waals surface area (Å²) in [7, 11) is 2.95. The molecule has 0 fully saturated rings. The van der Waals surface area contributed by atoms with Crippen molar-refractivity contribution in [2.75, 3.05) is 19.5 Å². The number of urea groups is 1. The molecule has 0 radical (unpaired) electrons. The van der Waals surface area contributed by atoms with E-state index in [0.29, 0.717) is 23.1 Å². The first-order chi connectivity index (χ1) is 10.6. The van der Waals surface area contributed by atoms with Gasteiger partial charge in [0.15, 0.2) is 0 Å². The molecule has 0 bridgehead atoms. The van der Waals surface area contributed by atoms with Crippen LogP contribution in [0.4, 0.5) is 10.5 Å². The average Bonchev–Trinajstić information content (AvgIpc) is 2.55. The second-order valence-electron chi connectivity index (χ2n) is 4.55. The van der Waals surface area contributed by atoms with E-state index < -0.39 is 0 Å². The highest BCUT2D eigenvalue weighted by molar-refractivity contribution is 6.30. The predicted molar refractivity (Wildman–Crippen MR) is 86.0 cm³/mol. The number of amides is 2. The number of hydrogen-bond donors (Lipinski definition) is 1. The normalized spacial score (nSPS) is 10.1. The molecule has 2 rings (SSSR count). The molecule has 22 heavy (non-hydrogen) atoms. The topological polar surface area (TPSA) is 50.8 Å². The van der Waals surface area contributed by atoms with Gasteiger partial charge in [0.1, 0.15) is 12.4 Å².